The predicted octanol–water partition coefficient (Wildman–Crippen LogP) is 2.21. The van der Waals surface area contributed by atoms with Gasteiger partial charge >= 0.3 is 5.97 Å². The van der Waals surface area contributed by atoms with Gasteiger partial charge in [-0.1, -0.05) is 41.9 Å². The van der Waals surface area contributed by atoms with Crippen molar-refractivity contribution in [2.45, 2.75) is 44.3 Å². The zero-order valence-corrected chi connectivity index (χ0v) is 16.3. The smallest absolute Gasteiger partial charge is 0.342 e. The molecule has 2 aliphatic heterocycles. The second kappa shape index (κ2) is 7.67. The molecule has 1 amide bonds. The van der Waals surface area contributed by atoms with Gasteiger partial charge in [-0.3, -0.25) is 4.79 Å². The number of epoxide rings is 1. The highest BCUT2D eigenvalue weighted by atomic mass is 35.5. The number of nitrogens with one attached hydrogen (secondary N) is 1. The van der Waals surface area contributed by atoms with Crippen LogP contribution in [0, 0.1) is 0 Å². The lowest BCUT2D eigenvalue weighted by atomic mass is 9.95. The zero-order valence-electron chi connectivity index (χ0n) is 15.6. The van der Waals surface area contributed by atoms with Gasteiger partial charge in [0, 0.05) is 11.4 Å². The van der Waals surface area contributed by atoms with E-state index < -0.39 is 36.1 Å². The number of esters is 1. The molecule has 0 spiro atoms. The first-order valence-electron chi connectivity index (χ1n) is 9.28. The molecule has 2 unspecified atom stereocenters. The molecule has 2 aliphatic rings. The Morgan fingerprint density at radius 3 is 2.69 bits per heavy atom. The molecule has 1 fully saturated rings. The van der Waals surface area contributed by atoms with Crippen molar-refractivity contribution in [2.24, 2.45) is 0 Å². The third-order valence-electron chi connectivity index (χ3n) is 5.11. The lowest BCUT2D eigenvalue weighted by Gasteiger charge is -2.24. The highest BCUT2D eigenvalue weighted by Gasteiger charge is 2.45. The number of phenolic OH excluding ortho intramolecular Hbond substituents is 1. The topological polar surface area (TPSA) is 108 Å². The number of aliphatic hydroxyl groups excluding tert-OH is 1. The number of hydrogen-bond donors (Lipinski definition) is 3. The van der Waals surface area contributed by atoms with E-state index in [1.807, 2.05) is 30.3 Å². The van der Waals surface area contributed by atoms with Crippen molar-refractivity contribution >= 4 is 23.5 Å². The zero-order chi connectivity index (χ0) is 20.7. The van der Waals surface area contributed by atoms with Gasteiger partial charge in [0.15, 0.2) is 6.29 Å². The third-order valence-corrected chi connectivity index (χ3v) is 5.45. The number of aromatic hydroxyl groups is 1. The molecule has 0 aromatic heterocycles. The van der Waals surface area contributed by atoms with Crippen molar-refractivity contribution in [3.05, 3.63) is 63.7 Å². The fourth-order valence-corrected chi connectivity index (χ4v) is 3.90. The van der Waals surface area contributed by atoms with E-state index in [0.717, 1.165) is 5.56 Å². The number of rotatable bonds is 5. The lowest BCUT2D eigenvalue weighted by Crippen LogP contribution is -2.41. The molecule has 29 heavy (non-hydrogen) atoms. The average molecular weight is 418 g/mol. The number of phenols is 1. The fraction of sp³-hybridized carbons (Fsp3) is 0.333. The molecule has 0 saturated carbocycles. The number of benzene rings is 2. The maximum Gasteiger partial charge on any atom is 0.342 e. The molecular formula is C21H20ClNO6. The number of ether oxygens (including phenoxy) is 2. The number of carbonyl (C=O) groups is 2. The van der Waals surface area contributed by atoms with Crippen molar-refractivity contribution < 1.29 is 29.3 Å². The van der Waals surface area contributed by atoms with Crippen LogP contribution in [0.5, 0.6) is 5.75 Å². The molecule has 0 aliphatic carbocycles. The van der Waals surface area contributed by atoms with Crippen molar-refractivity contribution in [2.75, 3.05) is 0 Å². The number of halogens is 1. The Morgan fingerprint density at radius 2 is 2.03 bits per heavy atom. The highest BCUT2D eigenvalue weighted by Crippen LogP contribution is 2.37. The highest BCUT2D eigenvalue weighted by molar-refractivity contribution is 6.32. The maximum atomic E-state index is 12.9. The van der Waals surface area contributed by atoms with Crippen molar-refractivity contribution in [1.82, 2.24) is 5.32 Å². The van der Waals surface area contributed by atoms with Gasteiger partial charge in [-0.05, 0) is 30.5 Å². The van der Waals surface area contributed by atoms with E-state index >= 15 is 0 Å². The summed E-state index contributed by atoms with van der Waals surface area (Å²) in [4.78, 5) is 25.1. The summed E-state index contributed by atoms with van der Waals surface area (Å²) in [5, 5.41) is 23.3. The number of amides is 1. The van der Waals surface area contributed by atoms with E-state index in [0.29, 0.717) is 18.4 Å². The molecule has 152 valence electrons. The number of aliphatic hydroxyl groups is 1. The van der Waals surface area contributed by atoms with Crippen molar-refractivity contribution in [1.29, 1.82) is 0 Å². The fourth-order valence-electron chi connectivity index (χ4n) is 3.62. The molecule has 1 saturated heterocycles. The van der Waals surface area contributed by atoms with Gasteiger partial charge in [0.05, 0.1) is 11.6 Å². The first-order chi connectivity index (χ1) is 13.8. The summed E-state index contributed by atoms with van der Waals surface area (Å²) in [6, 6.07) is 10.3. The Hall–Kier alpha value is -2.61. The van der Waals surface area contributed by atoms with Crippen LogP contribution in [0.25, 0.3) is 0 Å². The molecular weight excluding hydrogens is 398 g/mol. The van der Waals surface area contributed by atoms with Crippen LogP contribution in [0.3, 0.4) is 0 Å². The molecule has 2 aromatic carbocycles. The summed E-state index contributed by atoms with van der Waals surface area (Å²) in [7, 11) is 0. The molecule has 7 nitrogen and oxygen atoms in total. The van der Waals surface area contributed by atoms with Crippen LogP contribution in [0.2, 0.25) is 5.02 Å². The van der Waals surface area contributed by atoms with Crippen LogP contribution in [-0.2, 0) is 22.3 Å². The second-order valence-corrected chi connectivity index (χ2v) is 7.70. The molecule has 3 N–H and O–H groups in total. The molecule has 0 radical (unpaired) electrons. The normalized spacial score (nSPS) is 23.7. The van der Waals surface area contributed by atoms with Gasteiger partial charge in [-0.15, -0.1) is 0 Å². The lowest BCUT2D eigenvalue weighted by molar-refractivity contribution is 0.0297. The van der Waals surface area contributed by atoms with Gasteiger partial charge < -0.3 is 25.0 Å². The van der Waals surface area contributed by atoms with Crippen molar-refractivity contribution in [3.8, 4) is 5.75 Å². The Labute approximate surface area is 172 Å². The monoisotopic (exact) mass is 417 g/mol. The van der Waals surface area contributed by atoms with E-state index in [1.54, 1.807) is 6.92 Å². The van der Waals surface area contributed by atoms with Gasteiger partial charge in [0.25, 0.3) is 5.91 Å². The second-order valence-electron chi connectivity index (χ2n) is 7.29. The van der Waals surface area contributed by atoms with Crippen LogP contribution in [0.1, 0.15) is 38.8 Å². The Morgan fingerprint density at radius 1 is 1.34 bits per heavy atom. The molecule has 0 bridgehead atoms. The van der Waals surface area contributed by atoms with E-state index in [-0.39, 0.29) is 22.3 Å². The SMILES string of the molecule is C[C@@H]1Cc2c(Cl)cc(C(=O)N[C@@H](Cc3ccccc3)C3OC3O)c(O)c2C(=O)O1. The summed E-state index contributed by atoms with van der Waals surface area (Å²) < 4.78 is 10.3. The summed E-state index contributed by atoms with van der Waals surface area (Å²) in [6.45, 7) is 1.73. The molecule has 2 aromatic rings. The van der Waals surface area contributed by atoms with E-state index in [2.05, 4.69) is 5.32 Å². The van der Waals surface area contributed by atoms with Crippen LogP contribution in [-0.4, -0.2) is 46.6 Å². The van der Waals surface area contributed by atoms with Crippen LogP contribution < -0.4 is 5.32 Å². The minimum Gasteiger partial charge on any atom is -0.506 e. The molecule has 4 rings (SSSR count). The first kappa shape index (κ1) is 19.7. The Kier molecular flexibility index (Phi) is 5.21. The molecule has 2 heterocycles. The van der Waals surface area contributed by atoms with E-state index in [9.17, 15) is 19.8 Å². The van der Waals surface area contributed by atoms with E-state index in [1.165, 1.54) is 6.07 Å². The Bertz CT molecular complexity index is 963. The minimum atomic E-state index is -0.957. The summed E-state index contributed by atoms with van der Waals surface area (Å²) in [5.41, 5.74) is 1.20. The number of cyclic esters (lactones) is 1. The van der Waals surface area contributed by atoms with Crippen LogP contribution in [0.15, 0.2) is 36.4 Å². The van der Waals surface area contributed by atoms with Crippen LogP contribution >= 0.6 is 11.6 Å². The predicted molar refractivity (Wildman–Crippen MR) is 104 cm³/mol. The maximum absolute atomic E-state index is 12.9. The average Bonchev–Trinajstić information content (AvgIpc) is 3.41. The number of fused-ring (bicyclic) bond motifs is 1. The third kappa shape index (κ3) is 3.94. The quantitative estimate of drug-likeness (QED) is 0.508. The summed E-state index contributed by atoms with van der Waals surface area (Å²) in [5.74, 6) is -1.80. The molecule has 4 atom stereocenters. The van der Waals surface area contributed by atoms with Gasteiger partial charge in [-0.25, -0.2) is 4.79 Å². The standard InChI is InChI=1S/C21H20ClNO6/c1-10-7-12-14(22)9-13(17(24)16(12)20(26)28-10)19(25)23-15(18-21(27)29-18)8-11-5-3-2-4-6-11/h2-6,9-10,15,18,21,24,27H,7-8H2,1H3,(H,23,25)/t10-,15+,18?,21?/m1/s1. The first-order valence-corrected chi connectivity index (χ1v) is 9.66. The molecule has 8 heteroatoms. The van der Waals surface area contributed by atoms with Gasteiger partial charge in [0.1, 0.15) is 23.5 Å². The van der Waals surface area contributed by atoms with Crippen molar-refractivity contribution in [3.63, 3.8) is 0 Å². The van der Waals surface area contributed by atoms with E-state index in [4.69, 9.17) is 21.1 Å². The summed E-state index contributed by atoms with van der Waals surface area (Å²) in [6.07, 6.45) is -1.10. The summed E-state index contributed by atoms with van der Waals surface area (Å²) >= 11 is 6.29. The number of hydrogen-bond acceptors (Lipinski definition) is 6. The Balaban J connectivity index is 1.61. The van der Waals surface area contributed by atoms with Gasteiger partial charge in [0.2, 0.25) is 0 Å². The minimum absolute atomic E-state index is 0.0805. The largest absolute Gasteiger partial charge is 0.506 e. The number of carbonyl (C=O) groups excluding carboxylic acids is 2. The van der Waals surface area contributed by atoms with Gasteiger partial charge in [-0.2, -0.15) is 0 Å². The van der Waals surface area contributed by atoms with Crippen LogP contribution in [0.4, 0.5) is 0 Å².